The van der Waals surface area contributed by atoms with Crippen LogP contribution in [-0.2, 0) is 4.79 Å². The average Bonchev–Trinajstić information content (AvgIpc) is 2.46. The number of hydrogen-bond acceptors (Lipinski definition) is 4. The van der Waals surface area contributed by atoms with Crippen LogP contribution in [0.4, 0.5) is 0 Å². The first kappa shape index (κ1) is 15.4. The molecule has 20 heavy (non-hydrogen) atoms. The van der Waals surface area contributed by atoms with Crippen LogP contribution in [0.3, 0.4) is 0 Å². The predicted octanol–water partition coefficient (Wildman–Crippen LogP) is 2.27. The minimum Gasteiger partial charge on any atom is -0.492 e. The van der Waals surface area contributed by atoms with Crippen LogP contribution in [0.25, 0.3) is 0 Å². The van der Waals surface area contributed by atoms with E-state index in [1.54, 1.807) is 13.0 Å². The van der Waals surface area contributed by atoms with E-state index in [2.05, 4.69) is 23.5 Å². The number of ether oxygens (including phenoxy) is 1. The van der Waals surface area contributed by atoms with Gasteiger partial charge in [0.05, 0.1) is 18.3 Å². The highest BCUT2D eigenvalue weighted by Crippen LogP contribution is 2.21. The van der Waals surface area contributed by atoms with Crippen LogP contribution < -0.4 is 10.1 Å². The maximum absolute atomic E-state index is 11.7. The third-order valence-electron chi connectivity index (χ3n) is 2.64. The molecule has 0 spiro atoms. The number of nitriles is 1. The van der Waals surface area contributed by atoms with Crippen molar-refractivity contribution in [3.05, 3.63) is 48.3 Å². The molecule has 1 aromatic heterocycles. The zero-order chi connectivity index (χ0) is 15.1. The van der Waals surface area contributed by atoms with E-state index in [1.165, 1.54) is 12.3 Å². The minimum absolute atomic E-state index is 0.288. The zero-order valence-electron chi connectivity index (χ0n) is 11.6. The zero-order valence-corrected chi connectivity index (χ0v) is 11.6. The molecule has 0 saturated heterocycles. The van der Waals surface area contributed by atoms with Gasteiger partial charge in [-0.15, -0.1) is 0 Å². The number of carbonyl (C=O) groups is 1. The van der Waals surface area contributed by atoms with Gasteiger partial charge in [0.15, 0.2) is 0 Å². The lowest BCUT2D eigenvalue weighted by molar-refractivity contribution is -0.117. The molecule has 1 heterocycles. The Bertz CT molecular complexity index is 573. The van der Waals surface area contributed by atoms with E-state index in [9.17, 15) is 4.79 Å². The van der Waals surface area contributed by atoms with Gasteiger partial charge >= 0.3 is 0 Å². The first-order valence-electron chi connectivity index (χ1n) is 6.18. The maximum Gasteiger partial charge on any atom is 0.251 e. The van der Waals surface area contributed by atoms with Crippen molar-refractivity contribution in [3.8, 4) is 11.8 Å². The Labute approximate surface area is 118 Å². The summed E-state index contributed by atoms with van der Waals surface area (Å²) in [6.07, 6.45) is 2.82. The molecule has 0 saturated carbocycles. The first-order valence-corrected chi connectivity index (χ1v) is 6.18. The third kappa shape index (κ3) is 3.69. The molecule has 0 radical (unpaired) electrons. The summed E-state index contributed by atoms with van der Waals surface area (Å²) in [5, 5.41) is 11.7. The van der Waals surface area contributed by atoms with Gasteiger partial charge in [-0.1, -0.05) is 19.2 Å². The van der Waals surface area contributed by atoms with Crippen LogP contribution in [0.5, 0.6) is 5.75 Å². The highest BCUT2D eigenvalue weighted by atomic mass is 16.5. The van der Waals surface area contributed by atoms with E-state index >= 15 is 0 Å². The summed E-state index contributed by atoms with van der Waals surface area (Å²) in [5.41, 5.74) is 1.26. The van der Waals surface area contributed by atoms with Crippen molar-refractivity contribution in [1.82, 2.24) is 10.3 Å². The molecule has 5 heteroatoms. The lowest BCUT2D eigenvalue weighted by atomic mass is 10.1. The van der Waals surface area contributed by atoms with Crippen molar-refractivity contribution in [2.24, 2.45) is 0 Å². The van der Waals surface area contributed by atoms with Gasteiger partial charge < -0.3 is 10.1 Å². The fraction of sp³-hybridized carbons (Fsp3) is 0.267. The number of rotatable bonds is 6. The topological polar surface area (TPSA) is 75.0 Å². The molecule has 0 fully saturated rings. The second-order valence-corrected chi connectivity index (χ2v) is 4.07. The third-order valence-corrected chi connectivity index (χ3v) is 2.64. The quantitative estimate of drug-likeness (QED) is 0.636. The van der Waals surface area contributed by atoms with E-state index < -0.39 is 0 Å². The van der Waals surface area contributed by atoms with Crippen LogP contribution in [0.2, 0.25) is 0 Å². The van der Waals surface area contributed by atoms with Gasteiger partial charge in [-0.05, 0) is 13.8 Å². The van der Waals surface area contributed by atoms with Crippen LogP contribution in [-0.4, -0.2) is 17.5 Å². The van der Waals surface area contributed by atoms with E-state index in [0.717, 1.165) is 0 Å². The standard InChI is InChI=1S/C15H17N3O2/c1-5-10(3)15(19)18-11(4)13-7-14(20-6-2)12(8-16)9-17-13/h5,7,9,11H,1,3,6H2,2,4H3,(H,18,19). The molecule has 0 aliphatic rings. The molecule has 1 rings (SSSR count). The Hall–Kier alpha value is -2.61. The number of nitrogens with one attached hydrogen (secondary N) is 1. The number of hydrogen-bond donors (Lipinski definition) is 1. The fourth-order valence-corrected chi connectivity index (χ4v) is 1.50. The van der Waals surface area contributed by atoms with Crippen molar-refractivity contribution < 1.29 is 9.53 Å². The van der Waals surface area contributed by atoms with Gasteiger partial charge in [-0.3, -0.25) is 9.78 Å². The molecule has 0 aliphatic heterocycles. The normalized spacial score (nSPS) is 11.1. The monoisotopic (exact) mass is 271 g/mol. The summed E-state index contributed by atoms with van der Waals surface area (Å²) >= 11 is 0. The van der Waals surface area contributed by atoms with Crippen molar-refractivity contribution in [2.45, 2.75) is 19.9 Å². The van der Waals surface area contributed by atoms with Gasteiger partial charge in [0, 0.05) is 17.8 Å². The van der Waals surface area contributed by atoms with Gasteiger partial charge in [0.1, 0.15) is 17.4 Å². The summed E-state index contributed by atoms with van der Waals surface area (Å²) in [4.78, 5) is 15.9. The summed E-state index contributed by atoms with van der Waals surface area (Å²) in [5.74, 6) is 0.153. The largest absolute Gasteiger partial charge is 0.492 e. The van der Waals surface area contributed by atoms with Crippen molar-refractivity contribution >= 4 is 5.91 Å². The molecule has 5 nitrogen and oxygen atoms in total. The van der Waals surface area contributed by atoms with Crippen LogP contribution in [0, 0.1) is 11.3 Å². The van der Waals surface area contributed by atoms with Crippen LogP contribution >= 0.6 is 0 Å². The van der Waals surface area contributed by atoms with Crippen molar-refractivity contribution in [2.75, 3.05) is 6.61 Å². The summed E-state index contributed by atoms with van der Waals surface area (Å²) in [6.45, 7) is 11.1. The first-order chi connectivity index (χ1) is 9.53. The molecule has 104 valence electrons. The van der Waals surface area contributed by atoms with Crippen molar-refractivity contribution in [3.63, 3.8) is 0 Å². The molecule has 1 unspecified atom stereocenters. The molecule has 1 atom stereocenters. The predicted molar refractivity (Wildman–Crippen MR) is 76.0 cm³/mol. The molecule has 1 aromatic rings. The summed E-state index contributed by atoms with van der Waals surface area (Å²) < 4.78 is 5.38. The van der Waals surface area contributed by atoms with Gasteiger partial charge in [0.2, 0.25) is 0 Å². The lowest BCUT2D eigenvalue weighted by Crippen LogP contribution is -2.27. The number of amides is 1. The van der Waals surface area contributed by atoms with E-state index in [1.807, 2.05) is 13.0 Å². The fourth-order valence-electron chi connectivity index (χ4n) is 1.50. The number of nitrogens with zero attached hydrogens (tertiary/aromatic N) is 2. The van der Waals surface area contributed by atoms with E-state index in [4.69, 9.17) is 10.00 Å². The SMILES string of the molecule is C=CC(=C)C(=O)NC(C)c1cc(OCC)c(C#N)cn1. The highest BCUT2D eigenvalue weighted by molar-refractivity contribution is 5.95. The van der Waals surface area contributed by atoms with Crippen LogP contribution in [0.1, 0.15) is 31.1 Å². The highest BCUT2D eigenvalue weighted by Gasteiger charge is 2.14. The van der Waals surface area contributed by atoms with E-state index in [0.29, 0.717) is 23.6 Å². The molecule has 0 aliphatic carbocycles. The molecule has 0 bridgehead atoms. The Morgan fingerprint density at radius 1 is 1.70 bits per heavy atom. The molecule has 0 aromatic carbocycles. The second kappa shape index (κ2) is 7.10. The Morgan fingerprint density at radius 2 is 2.40 bits per heavy atom. The number of aromatic nitrogens is 1. The lowest BCUT2D eigenvalue weighted by Gasteiger charge is -2.15. The molecular formula is C15H17N3O2. The Morgan fingerprint density at radius 3 is 2.95 bits per heavy atom. The van der Waals surface area contributed by atoms with E-state index in [-0.39, 0.29) is 17.5 Å². The average molecular weight is 271 g/mol. The van der Waals surface area contributed by atoms with Gasteiger partial charge in [0.25, 0.3) is 5.91 Å². The summed E-state index contributed by atoms with van der Waals surface area (Å²) in [6, 6.07) is 3.34. The minimum atomic E-state index is -0.328. The maximum atomic E-state index is 11.7. The molecule has 1 N–H and O–H groups in total. The Balaban J connectivity index is 2.94. The smallest absolute Gasteiger partial charge is 0.251 e. The van der Waals surface area contributed by atoms with Gasteiger partial charge in [-0.25, -0.2) is 0 Å². The molecule has 1 amide bonds. The van der Waals surface area contributed by atoms with Crippen molar-refractivity contribution in [1.29, 1.82) is 5.26 Å². The second-order valence-electron chi connectivity index (χ2n) is 4.07. The Kier molecular flexibility index (Phi) is 5.48. The summed E-state index contributed by atoms with van der Waals surface area (Å²) in [7, 11) is 0. The van der Waals surface area contributed by atoms with Crippen LogP contribution in [0.15, 0.2) is 37.1 Å². The van der Waals surface area contributed by atoms with Gasteiger partial charge in [-0.2, -0.15) is 5.26 Å². The number of carbonyl (C=O) groups excluding carboxylic acids is 1. The number of pyridine rings is 1. The molecular weight excluding hydrogens is 254 g/mol.